The molecule has 0 fully saturated rings. The van der Waals surface area contributed by atoms with Crippen molar-refractivity contribution in [3.8, 4) is 0 Å². The van der Waals surface area contributed by atoms with Gasteiger partial charge in [-0.2, -0.15) is 0 Å². The Hall–Kier alpha value is -1.85. The number of aromatic nitrogens is 3. The molecule has 13 heteroatoms. The zero-order valence-electron chi connectivity index (χ0n) is 30.9. The van der Waals surface area contributed by atoms with E-state index in [4.69, 9.17) is 18.5 Å². The minimum atomic E-state index is -4.40. The number of carbonyl (C=O) groups is 2. The first-order valence-corrected chi connectivity index (χ1v) is 20.1. The van der Waals surface area contributed by atoms with Crippen molar-refractivity contribution in [2.75, 3.05) is 47.5 Å². The molecule has 0 aliphatic heterocycles. The Bertz CT molecular complexity index is 1020. The molecule has 1 N–H and O–H groups in total. The molecule has 0 spiro atoms. The first-order chi connectivity index (χ1) is 22.9. The number of nitrogens with zero attached hydrogens (tertiary/aromatic N) is 4. The molecule has 0 amide bonds. The molecule has 1 aromatic heterocycles. The Morgan fingerprint density at radius 3 is 1.96 bits per heavy atom. The van der Waals surface area contributed by atoms with Crippen molar-refractivity contribution in [1.29, 1.82) is 0 Å². The summed E-state index contributed by atoms with van der Waals surface area (Å²) in [5.74, 6) is -0.918. The van der Waals surface area contributed by atoms with E-state index < -0.39 is 32.5 Å². The minimum absolute atomic E-state index is 0.0130. The first kappa shape index (κ1) is 44.2. The number of esters is 2. The number of aryl methyl sites for hydroxylation is 2. The molecule has 2 atom stereocenters. The van der Waals surface area contributed by atoms with Crippen molar-refractivity contribution < 1.29 is 42.1 Å². The van der Waals surface area contributed by atoms with Gasteiger partial charge in [0.25, 0.3) is 0 Å². The highest BCUT2D eigenvalue weighted by Crippen LogP contribution is 2.43. The van der Waals surface area contributed by atoms with E-state index in [1.165, 1.54) is 70.6 Å². The summed E-state index contributed by atoms with van der Waals surface area (Å²) in [7, 11) is 1.41. The summed E-state index contributed by atoms with van der Waals surface area (Å²) in [4.78, 5) is 35.2. The molecule has 280 valence electrons. The lowest BCUT2D eigenvalue weighted by Crippen LogP contribution is -2.37. The normalized spacial score (nSPS) is 13.7. The third-order valence-corrected chi connectivity index (χ3v) is 9.03. The van der Waals surface area contributed by atoms with E-state index in [9.17, 15) is 19.0 Å². The van der Waals surface area contributed by atoms with Gasteiger partial charge >= 0.3 is 19.8 Å². The Labute approximate surface area is 290 Å². The van der Waals surface area contributed by atoms with E-state index in [0.717, 1.165) is 44.3 Å². The summed E-state index contributed by atoms with van der Waals surface area (Å²) in [5.41, 5.74) is 0.803. The standard InChI is InChI=1S/C35H67N4O8P/c1-6-8-10-12-13-14-15-16-17-18-19-20-24-34(40)44-30-33(31-46-48(42,43)45-28-27-39(3,4)5)47-35(41)25-22-23-32-29-38(37-36-32)26-21-11-9-7-2/h29,33H,6-28,30-31H2,1-5H3/p+1/t33-/m1/s1. The number of hydrogen-bond donors (Lipinski definition) is 1. The number of hydrogen-bond acceptors (Lipinski definition) is 9. The molecule has 1 aromatic rings. The molecule has 1 rings (SSSR count). The van der Waals surface area contributed by atoms with E-state index in [1.54, 1.807) is 0 Å². The number of carbonyl (C=O) groups excluding carboxylic acids is 2. The van der Waals surface area contributed by atoms with Crippen LogP contribution in [0.3, 0.4) is 0 Å². The van der Waals surface area contributed by atoms with Gasteiger partial charge in [-0.3, -0.25) is 23.3 Å². The summed E-state index contributed by atoms with van der Waals surface area (Å²) < 4.78 is 35.9. The molecule has 0 radical (unpaired) electrons. The summed E-state index contributed by atoms with van der Waals surface area (Å²) in [6, 6.07) is 0. The highest BCUT2D eigenvalue weighted by atomic mass is 31.2. The molecule has 1 heterocycles. The van der Waals surface area contributed by atoms with Gasteiger partial charge < -0.3 is 18.9 Å². The topological polar surface area (TPSA) is 139 Å². The number of quaternary nitrogens is 1. The predicted octanol–water partition coefficient (Wildman–Crippen LogP) is 7.57. The lowest BCUT2D eigenvalue weighted by molar-refractivity contribution is -0.870. The number of unbranched alkanes of at least 4 members (excludes halogenated alkanes) is 14. The van der Waals surface area contributed by atoms with Crippen LogP contribution in [0.4, 0.5) is 0 Å². The molecule has 0 aromatic carbocycles. The SMILES string of the molecule is CCCCCCCCCCCCCCC(=O)OC[C@H](COP(=O)(O)OCC[N+](C)(C)C)OC(=O)CCCc1cn(CCCCCC)nn1. The summed E-state index contributed by atoms with van der Waals surface area (Å²) in [6.07, 6.45) is 21.3. The van der Waals surface area contributed by atoms with Crippen LogP contribution in [0, 0.1) is 0 Å². The highest BCUT2D eigenvalue weighted by Gasteiger charge is 2.27. The fraction of sp³-hybridized carbons (Fsp3) is 0.886. The Kier molecular flexibility index (Phi) is 24.8. The van der Waals surface area contributed by atoms with Crippen molar-refractivity contribution in [3.63, 3.8) is 0 Å². The zero-order valence-corrected chi connectivity index (χ0v) is 31.8. The second-order valence-electron chi connectivity index (χ2n) is 13.9. The van der Waals surface area contributed by atoms with Crippen LogP contribution in [-0.2, 0) is 45.6 Å². The molecular weight excluding hydrogens is 635 g/mol. The van der Waals surface area contributed by atoms with Gasteiger partial charge in [-0.1, -0.05) is 109 Å². The molecular formula is C35H68N4O8P+. The van der Waals surface area contributed by atoms with Crippen LogP contribution >= 0.6 is 7.82 Å². The van der Waals surface area contributed by atoms with Gasteiger partial charge in [0.15, 0.2) is 6.10 Å². The molecule has 48 heavy (non-hydrogen) atoms. The van der Waals surface area contributed by atoms with Crippen LogP contribution in [-0.4, -0.2) is 89.9 Å². The van der Waals surface area contributed by atoms with Gasteiger partial charge in [0.05, 0.1) is 33.4 Å². The summed E-state index contributed by atoms with van der Waals surface area (Å²) in [6.45, 7) is 5.03. The van der Waals surface area contributed by atoms with Crippen molar-refractivity contribution in [2.45, 2.75) is 155 Å². The zero-order chi connectivity index (χ0) is 35.5. The van der Waals surface area contributed by atoms with Crippen LogP contribution in [0.1, 0.15) is 142 Å². The van der Waals surface area contributed by atoms with E-state index in [2.05, 4.69) is 24.2 Å². The Morgan fingerprint density at radius 1 is 0.792 bits per heavy atom. The molecule has 0 bridgehead atoms. The van der Waals surface area contributed by atoms with Crippen LogP contribution in [0.15, 0.2) is 6.20 Å². The van der Waals surface area contributed by atoms with E-state index in [0.29, 0.717) is 23.9 Å². The molecule has 0 aliphatic carbocycles. The highest BCUT2D eigenvalue weighted by molar-refractivity contribution is 7.47. The molecule has 12 nitrogen and oxygen atoms in total. The molecule has 1 unspecified atom stereocenters. The van der Waals surface area contributed by atoms with Crippen molar-refractivity contribution >= 4 is 19.8 Å². The van der Waals surface area contributed by atoms with E-state index in [1.807, 2.05) is 32.0 Å². The maximum Gasteiger partial charge on any atom is 0.472 e. The van der Waals surface area contributed by atoms with Gasteiger partial charge in [0.2, 0.25) is 0 Å². The monoisotopic (exact) mass is 703 g/mol. The minimum Gasteiger partial charge on any atom is -0.462 e. The Morgan fingerprint density at radius 2 is 1.35 bits per heavy atom. The van der Waals surface area contributed by atoms with Crippen molar-refractivity contribution in [2.24, 2.45) is 0 Å². The van der Waals surface area contributed by atoms with Crippen molar-refractivity contribution in [1.82, 2.24) is 15.0 Å². The van der Waals surface area contributed by atoms with Crippen LogP contribution in [0.5, 0.6) is 0 Å². The maximum atomic E-state index is 12.7. The number of phosphoric acid groups is 1. The quantitative estimate of drug-likeness (QED) is 0.0346. The molecule has 0 aliphatic rings. The summed E-state index contributed by atoms with van der Waals surface area (Å²) >= 11 is 0. The molecule has 0 saturated heterocycles. The number of phosphoric ester groups is 1. The van der Waals surface area contributed by atoms with Gasteiger partial charge in [-0.15, -0.1) is 5.10 Å². The van der Waals surface area contributed by atoms with Crippen molar-refractivity contribution in [3.05, 3.63) is 11.9 Å². The lowest BCUT2D eigenvalue weighted by atomic mass is 10.0. The van der Waals surface area contributed by atoms with Crippen LogP contribution in [0.2, 0.25) is 0 Å². The summed E-state index contributed by atoms with van der Waals surface area (Å²) in [5, 5.41) is 8.35. The van der Waals surface area contributed by atoms with Gasteiger partial charge in [0.1, 0.15) is 19.8 Å². The first-order valence-electron chi connectivity index (χ1n) is 18.6. The predicted molar refractivity (Wildman–Crippen MR) is 188 cm³/mol. The fourth-order valence-electron chi connectivity index (χ4n) is 5.05. The lowest BCUT2D eigenvalue weighted by Gasteiger charge is -2.24. The second kappa shape index (κ2) is 26.9. The number of likely N-dealkylation sites (N-methyl/N-ethyl adjacent to an activating group) is 1. The van der Waals surface area contributed by atoms with Crippen LogP contribution < -0.4 is 0 Å². The average Bonchev–Trinajstić information content (AvgIpc) is 3.48. The Balaban J connectivity index is 2.45. The van der Waals surface area contributed by atoms with Gasteiger partial charge in [-0.25, -0.2) is 4.57 Å². The average molecular weight is 704 g/mol. The van der Waals surface area contributed by atoms with E-state index in [-0.39, 0.29) is 26.1 Å². The van der Waals surface area contributed by atoms with Gasteiger partial charge in [-0.05, 0) is 25.7 Å². The molecule has 0 saturated carbocycles. The number of rotatable bonds is 32. The second-order valence-corrected chi connectivity index (χ2v) is 15.4. The largest absolute Gasteiger partial charge is 0.472 e. The fourth-order valence-corrected chi connectivity index (χ4v) is 5.79. The maximum absolute atomic E-state index is 12.7. The third kappa shape index (κ3) is 26.1. The third-order valence-electron chi connectivity index (χ3n) is 8.04. The van der Waals surface area contributed by atoms with E-state index >= 15 is 0 Å². The van der Waals surface area contributed by atoms with Gasteiger partial charge in [0, 0.05) is 25.6 Å². The smallest absolute Gasteiger partial charge is 0.462 e. The van der Waals surface area contributed by atoms with Crippen LogP contribution in [0.25, 0.3) is 0 Å². The number of ether oxygens (including phenoxy) is 2.